The van der Waals surface area contributed by atoms with Gasteiger partial charge in [-0.25, -0.2) is 8.42 Å². The molecule has 6 nitrogen and oxygen atoms in total. The first kappa shape index (κ1) is 17.0. The molecule has 0 unspecified atom stereocenters. The maximum Gasteiger partial charge on any atom is 0.242 e. The molecule has 0 aliphatic carbocycles. The highest BCUT2D eigenvalue weighted by molar-refractivity contribution is 7.92. The van der Waals surface area contributed by atoms with Gasteiger partial charge in [-0.05, 0) is 38.1 Å². The van der Waals surface area contributed by atoms with Gasteiger partial charge in [-0.1, -0.05) is 6.08 Å². The lowest BCUT2D eigenvalue weighted by atomic mass is 10.2. The van der Waals surface area contributed by atoms with Crippen LogP contribution in [0.3, 0.4) is 0 Å². The highest BCUT2D eigenvalue weighted by Crippen LogP contribution is 2.15. The molecule has 0 radical (unpaired) electrons. The molecule has 0 saturated heterocycles. The monoisotopic (exact) mass is 311 g/mol. The molecule has 0 fully saturated rings. The highest BCUT2D eigenvalue weighted by atomic mass is 32.2. The molecule has 7 heteroatoms. The van der Waals surface area contributed by atoms with Crippen molar-refractivity contribution in [3.05, 3.63) is 36.9 Å². The second kappa shape index (κ2) is 7.68. The van der Waals surface area contributed by atoms with Crippen LogP contribution in [0.4, 0.5) is 11.4 Å². The fraction of sp³-hybridized carbons (Fsp3) is 0.357. The maximum absolute atomic E-state index is 11.7. The minimum atomic E-state index is -3.28. The molecule has 0 aromatic heterocycles. The molecular weight excluding hydrogens is 290 g/mol. The Kier molecular flexibility index (Phi) is 6.23. The number of anilines is 2. The van der Waals surface area contributed by atoms with Crippen LogP contribution in [0.5, 0.6) is 0 Å². The summed E-state index contributed by atoms with van der Waals surface area (Å²) in [5.41, 5.74) is 1.22. The Balaban J connectivity index is 2.62. The number of carbonyl (C=O) groups excluding carboxylic acids is 1. The van der Waals surface area contributed by atoms with Crippen molar-refractivity contribution < 1.29 is 13.2 Å². The molecule has 116 valence electrons. The van der Waals surface area contributed by atoms with E-state index in [-0.39, 0.29) is 11.7 Å². The standard InChI is InChI=1S/C14H21N3O3S/c1-4-10-15-14(18)11(3)16-12-6-8-13(9-7-12)17-21(19,20)5-2/h4,6-9,11,16-17H,1,5,10H2,2-3H3,(H,15,18)/t11-/m0/s1. The van der Waals surface area contributed by atoms with Crippen LogP contribution in [0.1, 0.15) is 13.8 Å². The normalized spacial score (nSPS) is 12.3. The molecule has 0 saturated carbocycles. The molecule has 0 bridgehead atoms. The van der Waals surface area contributed by atoms with E-state index in [1.54, 1.807) is 44.2 Å². The number of amides is 1. The summed E-state index contributed by atoms with van der Waals surface area (Å²) < 4.78 is 25.3. The zero-order chi connectivity index (χ0) is 15.9. The van der Waals surface area contributed by atoms with E-state index >= 15 is 0 Å². The van der Waals surface area contributed by atoms with Crippen molar-refractivity contribution in [3.8, 4) is 0 Å². The summed E-state index contributed by atoms with van der Waals surface area (Å²) >= 11 is 0. The Labute approximate surface area is 125 Å². The smallest absolute Gasteiger partial charge is 0.242 e. The Morgan fingerprint density at radius 1 is 1.29 bits per heavy atom. The van der Waals surface area contributed by atoms with Gasteiger partial charge in [0.25, 0.3) is 0 Å². The van der Waals surface area contributed by atoms with E-state index in [2.05, 4.69) is 21.9 Å². The van der Waals surface area contributed by atoms with Gasteiger partial charge in [0.1, 0.15) is 6.04 Å². The number of benzene rings is 1. The Morgan fingerprint density at radius 3 is 2.38 bits per heavy atom. The largest absolute Gasteiger partial charge is 0.374 e. The van der Waals surface area contributed by atoms with Gasteiger partial charge in [0.15, 0.2) is 0 Å². The first-order valence-electron chi connectivity index (χ1n) is 6.63. The zero-order valence-corrected chi connectivity index (χ0v) is 13.0. The molecule has 1 aromatic carbocycles. The molecule has 0 heterocycles. The Bertz CT molecular complexity index is 582. The summed E-state index contributed by atoms with van der Waals surface area (Å²) in [6.45, 7) is 7.26. The molecule has 3 N–H and O–H groups in total. The van der Waals surface area contributed by atoms with Gasteiger partial charge in [0.2, 0.25) is 15.9 Å². The van der Waals surface area contributed by atoms with Crippen molar-refractivity contribution in [2.75, 3.05) is 22.3 Å². The second-order valence-corrected chi connectivity index (χ2v) is 6.49. The number of rotatable bonds is 8. The summed E-state index contributed by atoms with van der Waals surface area (Å²) in [7, 11) is -3.28. The first-order valence-corrected chi connectivity index (χ1v) is 8.29. The third-order valence-corrected chi connectivity index (χ3v) is 4.04. The molecule has 1 atom stereocenters. The summed E-state index contributed by atoms with van der Waals surface area (Å²) in [5.74, 6) is -0.112. The fourth-order valence-corrected chi connectivity index (χ4v) is 2.17. The number of sulfonamides is 1. The summed E-state index contributed by atoms with van der Waals surface area (Å²) in [6.07, 6.45) is 1.61. The summed E-state index contributed by atoms with van der Waals surface area (Å²) in [5, 5.41) is 5.72. The number of hydrogen-bond donors (Lipinski definition) is 3. The second-order valence-electron chi connectivity index (χ2n) is 4.48. The van der Waals surface area contributed by atoms with Gasteiger partial charge < -0.3 is 10.6 Å². The van der Waals surface area contributed by atoms with Gasteiger partial charge in [-0.15, -0.1) is 6.58 Å². The average molecular weight is 311 g/mol. The maximum atomic E-state index is 11.7. The van der Waals surface area contributed by atoms with Crippen molar-refractivity contribution >= 4 is 27.3 Å². The minimum Gasteiger partial charge on any atom is -0.374 e. The van der Waals surface area contributed by atoms with Crippen LogP contribution >= 0.6 is 0 Å². The lowest BCUT2D eigenvalue weighted by Crippen LogP contribution is -2.37. The van der Waals surface area contributed by atoms with Crippen LogP contribution in [0.15, 0.2) is 36.9 Å². The van der Waals surface area contributed by atoms with E-state index in [4.69, 9.17) is 0 Å². The summed E-state index contributed by atoms with van der Waals surface area (Å²) in [6, 6.07) is 6.31. The van der Waals surface area contributed by atoms with Crippen LogP contribution < -0.4 is 15.4 Å². The molecule has 21 heavy (non-hydrogen) atoms. The zero-order valence-electron chi connectivity index (χ0n) is 12.2. The number of nitrogens with one attached hydrogen (secondary N) is 3. The van der Waals surface area contributed by atoms with E-state index in [1.165, 1.54) is 0 Å². The van der Waals surface area contributed by atoms with Gasteiger partial charge >= 0.3 is 0 Å². The Morgan fingerprint density at radius 2 is 1.86 bits per heavy atom. The predicted octanol–water partition coefficient (Wildman–Crippen LogP) is 1.55. The molecule has 1 aromatic rings. The molecule has 0 aliphatic heterocycles. The van der Waals surface area contributed by atoms with Gasteiger partial charge in [-0.2, -0.15) is 0 Å². The molecule has 1 rings (SSSR count). The topological polar surface area (TPSA) is 87.3 Å². The van der Waals surface area contributed by atoms with E-state index in [0.29, 0.717) is 12.2 Å². The van der Waals surface area contributed by atoms with Gasteiger partial charge in [0.05, 0.1) is 5.75 Å². The van der Waals surface area contributed by atoms with Gasteiger partial charge in [0, 0.05) is 17.9 Å². The molecule has 0 aliphatic rings. The van der Waals surface area contributed by atoms with Crippen molar-refractivity contribution in [3.63, 3.8) is 0 Å². The molecular formula is C14H21N3O3S. The third kappa shape index (κ3) is 5.86. The van der Waals surface area contributed by atoms with Crippen molar-refractivity contribution in [2.45, 2.75) is 19.9 Å². The van der Waals surface area contributed by atoms with Crippen molar-refractivity contribution in [1.82, 2.24) is 5.32 Å². The number of hydrogen-bond acceptors (Lipinski definition) is 4. The van der Waals surface area contributed by atoms with E-state index < -0.39 is 16.1 Å². The van der Waals surface area contributed by atoms with Crippen LogP contribution in [0, 0.1) is 0 Å². The van der Waals surface area contributed by atoms with E-state index in [0.717, 1.165) is 5.69 Å². The number of carbonyl (C=O) groups is 1. The predicted molar refractivity (Wildman–Crippen MR) is 85.8 cm³/mol. The average Bonchev–Trinajstić information content (AvgIpc) is 2.46. The highest BCUT2D eigenvalue weighted by Gasteiger charge is 2.11. The first-order chi connectivity index (χ1) is 9.88. The van der Waals surface area contributed by atoms with Crippen LogP contribution in [0.25, 0.3) is 0 Å². The molecule has 0 spiro atoms. The van der Waals surface area contributed by atoms with E-state index in [9.17, 15) is 13.2 Å². The van der Waals surface area contributed by atoms with E-state index in [1.807, 2.05) is 0 Å². The third-order valence-electron chi connectivity index (χ3n) is 2.74. The lowest BCUT2D eigenvalue weighted by Gasteiger charge is -2.15. The van der Waals surface area contributed by atoms with Crippen LogP contribution in [-0.4, -0.2) is 32.7 Å². The van der Waals surface area contributed by atoms with Crippen LogP contribution in [0.2, 0.25) is 0 Å². The van der Waals surface area contributed by atoms with Gasteiger partial charge in [-0.3, -0.25) is 9.52 Å². The fourth-order valence-electron chi connectivity index (χ4n) is 1.53. The quantitative estimate of drug-likeness (QED) is 0.636. The van der Waals surface area contributed by atoms with Crippen molar-refractivity contribution in [1.29, 1.82) is 0 Å². The molecule has 1 amide bonds. The van der Waals surface area contributed by atoms with Crippen molar-refractivity contribution in [2.24, 2.45) is 0 Å². The van der Waals surface area contributed by atoms with Crippen LogP contribution in [-0.2, 0) is 14.8 Å². The summed E-state index contributed by atoms with van der Waals surface area (Å²) in [4.78, 5) is 11.7. The lowest BCUT2D eigenvalue weighted by molar-refractivity contribution is -0.121. The minimum absolute atomic E-state index is 0.0213. The Hall–Kier alpha value is -2.02. The SMILES string of the molecule is C=CCNC(=O)[C@H](C)Nc1ccc(NS(=O)(=O)CC)cc1.